The van der Waals surface area contributed by atoms with E-state index in [0.717, 1.165) is 33.8 Å². The number of hydrogen-bond acceptors (Lipinski definition) is 4. The highest BCUT2D eigenvalue weighted by Gasteiger charge is 2.24. The number of furan rings is 1. The average molecular weight is 295 g/mol. The van der Waals surface area contributed by atoms with Crippen LogP contribution in [0.5, 0.6) is 0 Å². The van der Waals surface area contributed by atoms with Gasteiger partial charge in [-0.15, -0.1) is 0 Å². The average Bonchev–Trinajstić information content (AvgIpc) is 2.86. The second-order valence-electron chi connectivity index (χ2n) is 5.32. The van der Waals surface area contributed by atoms with Crippen molar-refractivity contribution in [3.8, 4) is 6.07 Å². The zero-order chi connectivity index (χ0) is 16.6. The number of aryl methyl sites for hydroxylation is 4. The second-order valence-corrected chi connectivity index (χ2v) is 5.32. The Kier molecular flexibility index (Phi) is 4.18. The molecule has 2 aromatic rings. The first-order valence-electron chi connectivity index (χ1n) is 6.92. The zero-order valence-electron chi connectivity index (χ0n) is 13.7. The van der Waals surface area contributed by atoms with Gasteiger partial charge in [-0.3, -0.25) is 4.68 Å². The smallest absolute Gasteiger partial charge is 0.374 e. The third-order valence-corrected chi connectivity index (χ3v) is 4.00. The second kappa shape index (κ2) is 5.76. The standard InChI is InChI=1S/C16H18BN3O2/c1-8-11(4)21-12(5)14(8)13(7-18)16(22-17)15-9(2)19-20(6)10(15)3/h1-6H3. The van der Waals surface area contributed by atoms with Crippen LogP contribution in [0.3, 0.4) is 0 Å². The van der Waals surface area contributed by atoms with Crippen molar-refractivity contribution >= 4 is 19.4 Å². The highest BCUT2D eigenvalue weighted by molar-refractivity contribution is 6.07. The van der Waals surface area contributed by atoms with Gasteiger partial charge < -0.3 is 9.07 Å². The summed E-state index contributed by atoms with van der Waals surface area (Å²) in [4.78, 5) is 0. The minimum Gasteiger partial charge on any atom is -0.566 e. The Morgan fingerprint density at radius 3 is 2.18 bits per heavy atom. The fourth-order valence-corrected chi connectivity index (χ4v) is 2.73. The molecule has 112 valence electrons. The zero-order valence-corrected chi connectivity index (χ0v) is 13.7. The van der Waals surface area contributed by atoms with Gasteiger partial charge in [0.15, 0.2) is 0 Å². The SMILES string of the molecule is [B]OC(=C(C#N)c1c(C)oc(C)c1C)c1c(C)nn(C)c1C. The van der Waals surface area contributed by atoms with Crippen LogP contribution in [-0.2, 0) is 11.7 Å². The van der Waals surface area contributed by atoms with Crippen LogP contribution in [0.15, 0.2) is 4.42 Å². The van der Waals surface area contributed by atoms with E-state index < -0.39 is 0 Å². The van der Waals surface area contributed by atoms with Gasteiger partial charge in [-0.2, -0.15) is 10.4 Å². The lowest BCUT2D eigenvalue weighted by molar-refractivity contribution is 0.502. The molecule has 2 rings (SSSR count). The van der Waals surface area contributed by atoms with E-state index in [4.69, 9.17) is 17.1 Å². The number of nitrogens with zero attached hydrogens (tertiary/aromatic N) is 3. The van der Waals surface area contributed by atoms with Crippen LogP contribution in [0.25, 0.3) is 11.3 Å². The van der Waals surface area contributed by atoms with Crippen molar-refractivity contribution in [1.82, 2.24) is 9.78 Å². The molecule has 2 radical (unpaired) electrons. The molecule has 0 N–H and O–H groups in total. The van der Waals surface area contributed by atoms with Crippen molar-refractivity contribution in [2.24, 2.45) is 7.05 Å². The Balaban J connectivity index is 2.83. The lowest BCUT2D eigenvalue weighted by Gasteiger charge is -2.11. The summed E-state index contributed by atoms with van der Waals surface area (Å²) >= 11 is 0. The molecule has 0 bridgehead atoms. The number of allylic oxidation sites excluding steroid dienone is 1. The summed E-state index contributed by atoms with van der Waals surface area (Å²) in [6.45, 7) is 9.37. The Morgan fingerprint density at radius 1 is 1.18 bits per heavy atom. The van der Waals surface area contributed by atoms with Gasteiger partial charge in [0.25, 0.3) is 0 Å². The third-order valence-electron chi connectivity index (χ3n) is 4.00. The molecule has 0 amide bonds. The van der Waals surface area contributed by atoms with Gasteiger partial charge in [0, 0.05) is 18.3 Å². The van der Waals surface area contributed by atoms with Crippen LogP contribution < -0.4 is 0 Å². The maximum atomic E-state index is 9.68. The first kappa shape index (κ1) is 16.0. The molecule has 5 nitrogen and oxygen atoms in total. The largest absolute Gasteiger partial charge is 0.566 e. The van der Waals surface area contributed by atoms with E-state index in [9.17, 15) is 5.26 Å². The van der Waals surface area contributed by atoms with Crippen LogP contribution in [0.2, 0.25) is 0 Å². The summed E-state index contributed by atoms with van der Waals surface area (Å²) in [6.07, 6.45) is 0. The van der Waals surface area contributed by atoms with Crippen LogP contribution in [0, 0.1) is 45.9 Å². The van der Waals surface area contributed by atoms with Gasteiger partial charge in [0.1, 0.15) is 28.9 Å². The molecule has 0 saturated carbocycles. The number of aromatic nitrogens is 2. The highest BCUT2D eigenvalue weighted by atomic mass is 16.4. The van der Waals surface area contributed by atoms with Crippen LogP contribution in [0.1, 0.15) is 39.6 Å². The summed E-state index contributed by atoms with van der Waals surface area (Å²) in [6, 6.07) is 2.20. The molecule has 0 atom stereocenters. The van der Waals surface area contributed by atoms with E-state index in [1.165, 1.54) is 0 Å². The van der Waals surface area contributed by atoms with Crippen molar-refractivity contribution in [2.45, 2.75) is 34.6 Å². The molecule has 0 aliphatic carbocycles. The molecule has 6 heteroatoms. The monoisotopic (exact) mass is 295 g/mol. The summed E-state index contributed by atoms with van der Waals surface area (Å²) < 4.78 is 12.5. The predicted molar refractivity (Wildman–Crippen MR) is 84.9 cm³/mol. The van der Waals surface area contributed by atoms with E-state index >= 15 is 0 Å². The Labute approximate surface area is 131 Å². The Hall–Kier alpha value is -2.42. The minimum absolute atomic E-state index is 0.317. The first-order chi connectivity index (χ1) is 10.3. The van der Waals surface area contributed by atoms with E-state index in [-0.39, 0.29) is 0 Å². The maximum absolute atomic E-state index is 9.68. The van der Waals surface area contributed by atoms with Crippen LogP contribution in [0.4, 0.5) is 0 Å². The lowest BCUT2D eigenvalue weighted by Crippen LogP contribution is -1.99. The maximum Gasteiger partial charge on any atom is 0.374 e. The first-order valence-corrected chi connectivity index (χ1v) is 6.92. The van der Waals surface area contributed by atoms with Crippen LogP contribution >= 0.6 is 0 Å². The predicted octanol–water partition coefficient (Wildman–Crippen LogP) is 3.05. The van der Waals surface area contributed by atoms with Crippen molar-refractivity contribution < 1.29 is 9.07 Å². The lowest BCUT2D eigenvalue weighted by atomic mass is 9.97. The normalized spacial score (nSPS) is 12.0. The van der Waals surface area contributed by atoms with Gasteiger partial charge >= 0.3 is 8.05 Å². The van der Waals surface area contributed by atoms with E-state index in [1.54, 1.807) is 4.68 Å². The fourth-order valence-electron chi connectivity index (χ4n) is 2.73. The Bertz CT molecular complexity index is 806. The van der Waals surface area contributed by atoms with Gasteiger partial charge in [-0.1, -0.05) is 0 Å². The molecule has 0 spiro atoms. The van der Waals surface area contributed by atoms with Crippen molar-refractivity contribution in [2.75, 3.05) is 0 Å². The summed E-state index contributed by atoms with van der Waals surface area (Å²) in [7, 11) is 7.33. The molecule has 2 aromatic heterocycles. The molecular weight excluding hydrogens is 277 g/mol. The molecule has 0 aromatic carbocycles. The molecule has 22 heavy (non-hydrogen) atoms. The van der Waals surface area contributed by atoms with Crippen molar-refractivity contribution in [1.29, 1.82) is 5.26 Å². The van der Waals surface area contributed by atoms with Crippen LogP contribution in [-0.4, -0.2) is 17.8 Å². The van der Waals surface area contributed by atoms with Crippen molar-refractivity contribution in [3.05, 3.63) is 39.6 Å². The highest BCUT2D eigenvalue weighted by Crippen LogP contribution is 2.35. The van der Waals surface area contributed by atoms with E-state index in [1.807, 2.05) is 41.7 Å². The molecule has 0 saturated heterocycles. The van der Waals surface area contributed by atoms with Gasteiger partial charge in [-0.25, -0.2) is 0 Å². The summed E-state index contributed by atoms with van der Waals surface area (Å²) in [5.41, 5.74) is 4.35. The number of rotatable bonds is 3. The minimum atomic E-state index is 0.317. The van der Waals surface area contributed by atoms with Gasteiger partial charge in [0.2, 0.25) is 0 Å². The topological polar surface area (TPSA) is 64.0 Å². The quantitative estimate of drug-likeness (QED) is 0.496. The molecule has 0 aliphatic heterocycles. The molecule has 0 unspecified atom stereocenters. The number of hydrogen-bond donors (Lipinski definition) is 0. The third kappa shape index (κ3) is 2.33. The number of nitriles is 1. The van der Waals surface area contributed by atoms with Gasteiger partial charge in [0.05, 0.1) is 11.3 Å². The summed E-state index contributed by atoms with van der Waals surface area (Å²) in [5, 5.41) is 14.0. The van der Waals surface area contributed by atoms with E-state index in [2.05, 4.69) is 11.2 Å². The molecule has 0 aliphatic rings. The van der Waals surface area contributed by atoms with E-state index in [0.29, 0.717) is 17.1 Å². The fraction of sp³-hybridized carbons (Fsp3) is 0.375. The molecular formula is C16H18BN3O2. The Morgan fingerprint density at radius 2 is 1.82 bits per heavy atom. The molecule has 0 fully saturated rings. The van der Waals surface area contributed by atoms with Gasteiger partial charge in [-0.05, 0) is 40.2 Å². The molecule has 2 heterocycles. The van der Waals surface area contributed by atoms with Crippen molar-refractivity contribution in [3.63, 3.8) is 0 Å². The summed E-state index contributed by atoms with van der Waals surface area (Å²) in [5.74, 6) is 1.76.